The van der Waals surface area contributed by atoms with Gasteiger partial charge in [-0.1, -0.05) is 29.8 Å². The minimum atomic E-state index is -0.672. The van der Waals surface area contributed by atoms with Gasteiger partial charge in [-0.25, -0.2) is 4.98 Å². The van der Waals surface area contributed by atoms with Gasteiger partial charge in [0.25, 0.3) is 6.26 Å². The van der Waals surface area contributed by atoms with Crippen LogP contribution in [-0.4, -0.2) is 4.98 Å². The van der Waals surface area contributed by atoms with E-state index >= 15 is 0 Å². The van der Waals surface area contributed by atoms with Gasteiger partial charge in [0.1, 0.15) is 5.01 Å². The molecular formula is C14H14N2OS. The monoisotopic (exact) mass is 258 g/mol. The van der Waals surface area contributed by atoms with E-state index in [2.05, 4.69) is 36.2 Å². The van der Waals surface area contributed by atoms with Gasteiger partial charge in [-0.3, -0.25) is 0 Å². The lowest BCUT2D eigenvalue weighted by Gasteiger charge is -2.18. The summed E-state index contributed by atoms with van der Waals surface area (Å²) in [5.41, 5.74) is 2.42. The first-order chi connectivity index (χ1) is 8.53. The summed E-state index contributed by atoms with van der Waals surface area (Å²) in [5.74, 6) is 0. The van der Waals surface area contributed by atoms with Crippen molar-refractivity contribution in [1.82, 2.24) is 4.98 Å². The van der Waals surface area contributed by atoms with Gasteiger partial charge in [-0.05, 0) is 20.8 Å². The molecule has 1 aromatic carbocycles. The highest BCUT2D eigenvalue weighted by molar-refractivity contribution is 7.13. The molecule has 1 aromatic heterocycles. The van der Waals surface area contributed by atoms with E-state index in [-0.39, 0.29) is 0 Å². The molecule has 0 amide bonds. The van der Waals surface area contributed by atoms with Crippen molar-refractivity contribution in [2.24, 2.45) is 0 Å². The zero-order valence-electron chi connectivity index (χ0n) is 10.6. The molecule has 0 aliphatic rings. The van der Waals surface area contributed by atoms with Gasteiger partial charge in [-0.15, -0.1) is 11.3 Å². The van der Waals surface area contributed by atoms with Crippen LogP contribution in [0.25, 0.3) is 10.6 Å². The molecule has 0 spiro atoms. The number of ether oxygens (including phenoxy) is 1. The second-order valence-electron chi connectivity index (χ2n) is 4.61. The first-order valence-corrected chi connectivity index (χ1v) is 6.51. The van der Waals surface area contributed by atoms with E-state index in [1.807, 2.05) is 19.2 Å². The first kappa shape index (κ1) is 12.6. The Morgan fingerprint density at radius 2 is 1.94 bits per heavy atom. The van der Waals surface area contributed by atoms with Crippen LogP contribution >= 0.6 is 11.3 Å². The smallest absolute Gasteiger partial charge is 0.287 e. The summed E-state index contributed by atoms with van der Waals surface area (Å²) in [7, 11) is 0. The Bertz CT molecular complexity index is 579. The molecule has 0 aliphatic heterocycles. The van der Waals surface area contributed by atoms with Gasteiger partial charge in [0, 0.05) is 10.9 Å². The maximum absolute atomic E-state index is 8.62. The lowest BCUT2D eigenvalue weighted by molar-refractivity contribution is 0.0665. The third-order valence-corrected chi connectivity index (χ3v) is 3.61. The lowest BCUT2D eigenvalue weighted by Crippen LogP contribution is -2.19. The highest BCUT2D eigenvalue weighted by Gasteiger charge is 2.25. The Labute approximate surface area is 111 Å². The van der Waals surface area contributed by atoms with Gasteiger partial charge in [0.2, 0.25) is 0 Å². The highest BCUT2D eigenvalue weighted by Crippen LogP contribution is 2.30. The number of benzene rings is 1. The molecule has 0 N–H and O–H groups in total. The molecule has 2 rings (SSSR count). The summed E-state index contributed by atoms with van der Waals surface area (Å²) in [4.78, 5) is 4.54. The fourth-order valence-electron chi connectivity index (χ4n) is 1.55. The van der Waals surface area contributed by atoms with Crippen molar-refractivity contribution in [2.45, 2.75) is 26.4 Å². The summed E-state index contributed by atoms with van der Waals surface area (Å²) in [6.07, 6.45) is 1.73. The molecule has 18 heavy (non-hydrogen) atoms. The van der Waals surface area contributed by atoms with Crippen LogP contribution in [0.5, 0.6) is 0 Å². The summed E-state index contributed by atoms with van der Waals surface area (Å²) in [6.45, 7) is 5.73. The van der Waals surface area contributed by atoms with Crippen molar-refractivity contribution in [1.29, 1.82) is 5.26 Å². The largest absolute Gasteiger partial charge is 0.415 e. The van der Waals surface area contributed by atoms with Crippen LogP contribution in [0.4, 0.5) is 0 Å². The molecule has 0 bridgehead atoms. The van der Waals surface area contributed by atoms with Crippen LogP contribution in [0, 0.1) is 18.4 Å². The molecule has 4 heteroatoms. The predicted octanol–water partition coefficient (Wildman–Crippen LogP) is 3.85. The van der Waals surface area contributed by atoms with E-state index in [0.29, 0.717) is 0 Å². The number of nitriles is 1. The molecule has 0 unspecified atom stereocenters. The summed E-state index contributed by atoms with van der Waals surface area (Å²) >= 11 is 1.56. The Hall–Kier alpha value is -1.86. The first-order valence-electron chi connectivity index (χ1n) is 5.63. The van der Waals surface area contributed by atoms with Crippen molar-refractivity contribution >= 4 is 11.3 Å². The Kier molecular flexibility index (Phi) is 3.35. The number of hydrogen-bond acceptors (Lipinski definition) is 4. The van der Waals surface area contributed by atoms with Crippen LogP contribution in [0.1, 0.15) is 25.1 Å². The molecule has 3 nitrogen and oxygen atoms in total. The molecule has 0 aliphatic carbocycles. The third kappa shape index (κ3) is 2.52. The van der Waals surface area contributed by atoms with E-state index in [9.17, 15) is 0 Å². The quantitative estimate of drug-likeness (QED) is 0.785. The molecule has 0 radical (unpaired) electrons. The number of nitrogens with zero attached hydrogens (tertiary/aromatic N) is 2. The zero-order valence-corrected chi connectivity index (χ0v) is 11.4. The van der Waals surface area contributed by atoms with Crippen molar-refractivity contribution in [2.75, 3.05) is 0 Å². The van der Waals surface area contributed by atoms with Crippen LogP contribution < -0.4 is 0 Å². The van der Waals surface area contributed by atoms with Gasteiger partial charge in [0.05, 0.1) is 5.69 Å². The molecule has 92 valence electrons. The third-order valence-electron chi connectivity index (χ3n) is 2.72. The summed E-state index contributed by atoms with van der Waals surface area (Å²) < 4.78 is 5.03. The Balaban J connectivity index is 2.31. The van der Waals surface area contributed by atoms with E-state index < -0.39 is 5.60 Å². The molecule has 0 fully saturated rings. The van der Waals surface area contributed by atoms with Gasteiger partial charge in [0.15, 0.2) is 5.60 Å². The number of rotatable bonds is 3. The second kappa shape index (κ2) is 4.79. The molecule has 1 heterocycles. The number of hydrogen-bond donors (Lipinski definition) is 0. The highest BCUT2D eigenvalue weighted by atomic mass is 32.1. The Morgan fingerprint density at radius 3 is 2.56 bits per heavy atom. The molecule has 0 saturated heterocycles. The summed E-state index contributed by atoms with van der Waals surface area (Å²) in [5, 5.41) is 11.5. The topological polar surface area (TPSA) is 45.9 Å². The standard InChI is InChI=1S/C14H14N2OS/c1-10-4-6-11(7-5-10)13-16-12(8-18-13)14(2,3)17-9-15/h4-8H,1-3H3. The minimum Gasteiger partial charge on any atom is -0.415 e. The van der Waals surface area contributed by atoms with Gasteiger partial charge < -0.3 is 4.74 Å². The molecular weight excluding hydrogens is 244 g/mol. The summed E-state index contributed by atoms with van der Waals surface area (Å²) in [6, 6.07) is 8.23. The van der Waals surface area contributed by atoms with E-state index in [1.54, 1.807) is 17.6 Å². The normalized spacial score (nSPS) is 11.0. The van der Waals surface area contributed by atoms with Crippen LogP contribution in [0.3, 0.4) is 0 Å². The Morgan fingerprint density at radius 1 is 1.28 bits per heavy atom. The molecule has 0 saturated carbocycles. The average Bonchev–Trinajstić information content (AvgIpc) is 2.80. The minimum absolute atomic E-state index is 0.672. The fourth-order valence-corrected chi connectivity index (χ4v) is 2.53. The van der Waals surface area contributed by atoms with Crippen LogP contribution in [0.2, 0.25) is 0 Å². The van der Waals surface area contributed by atoms with Gasteiger partial charge in [-0.2, -0.15) is 5.26 Å². The van der Waals surface area contributed by atoms with Crippen LogP contribution in [-0.2, 0) is 10.3 Å². The van der Waals surface area contributed by atoms with Crippen molar-refractivity contribution in [3.8, 4) is 16.8 Å². The predicted molar refractivity (Wildman–Crippen MR) is 72.0 cm³/mol. The maximum atomic E-state index is 8.62. The van der Waals surface area contributed by atoms with Crippen LogP contribution in [0.15, 0.2) is 29.6 Å². The number of aryl methyl sites for hydroxylation is 1. The average molecular weight is 258 g/mol. The maximum Gasteiger partial charge on any atom is 0.287 e. The number of aromatic nitrogens is 1. The van der Waals surface area contributed by atoms with E-state index in [1.165, 1.54) is 5.56 Å². The van der Waals surface area contributed by atoms with Crippen molar-refractivity contribution < 1.29 is 4.74 Å². The fraction of sp³-hybridized carbons (Fsp3) is 0.286. The van der Waals surface area contributed by atoms with Crippen molar-refractivity contribution in [3.05, 3.63) is 40.9 Å². The number of thiazole rings is 1. The van der Waals surface area contributed by atoms with E-state index in [4.69, 9.17) is 10.00 Å². The SMILES string of the molecule is Cc1ccc(-c2nc(C(C)(C)OC#N)cs2)cc1. The van der Waals surface area contributed by atoms with Crippen molar-refractivity contribution in [3.63, 3.8) is 0 Å². The zero-order chi connectivity index (χ0) is 13.2. The van der Waals surface area contributed by atoms with Gasteiger partial charge >= 0.3 is 0 Å². The second-order valence-corrected chi connectivity index (χ2v) is 5.47. The molecule has 0 atom stereocenters. The lowest BCUT2D eigenvalue weighted by atomic mass is 10.1. The molecule has 2 aromatic rings. The van der Waals surface area contributed by atoms with E-state index in [0.717, 1.165) is 16.3 Å².